The summed E-state index contributed by atoms with van der Waals surface area (Å²) in [5.74, 6) is 1.28. The van der Waals surface area contributed by atoms with E-state index in [4.69, 9.17) is 16.3 Å². The fraction of sp³-hybridized carbons (Fsp3) is 0.172. The van der Waals surface area contributed by atoms with Crippen LogP contribution in [-0.2, 0) is 17.9 Å². The first kappa shape index (κ1) is 23.9. The Morgan fingerprint density at radius 2 is 1.61 bits per heavy atom. The van der Waals surface area contributed by atoms with E-state index in [0.29, 0.717) is 47.4 Å². The molecular formula is C29H25ClN6O2. The summed E-state index contributed by atoms with van der Waals surface area (Å²) in [6.45, 7) is 1.64. The van der Waals surface area contributed by atoms with Crippen molar-refractivity contribution in [3.05, 3.63) is 114 Å². The lowest BCUT2D eigenvalue weighted by molar-refractivity contribution is -0.164. The number of rotatable bonds is 9. The second-order valence-corrected chi connectivity index (χ2v) is 9.49. The Bertz CT molecular complexity index is 1540. The largest absolute Gasteiger partial charge is 0.478 e. The van der Waals surface area contributed by atoms with Crippen LogP contribution in [0.25, 0.3) is 11.2 Å². The number of nitrogens with zero attached hydrogens (tertiary/aromatic N) is 5. The Labute approximate surface area is 224 Å². The summed E-state index contributed by atoms with van der Waals surface area (Å²) in [5.41, 5.74) is 3.53. The number of likely N-dealkylation sites (tertiary alicyclic amines) is 1. The van der Waals surface area contributed by atoms with Gasteiger partial charge in [0.25, 0.3) is 5.91 Å². The molecule has 8 nitrogen and oxygen atoms in total. The van der Waals surface area contributed by atoms with Crippen molar-refractivity contribution in [2.45, 2.75) is 25.2 Å². The zero-order chi connectivity index (χ0) is 25.9. The Kier molecular flexibility index (Phi) is 6.62. The van der Waals surface area contributed by atoms with E-state index in [2.05, 4.69) is 32.4 Å². The van der Waals surface area contributed by atoms with Crippen LogP contribution in [-0.4, -0.2) is 43.0 Å². The highest BCUT2D eigenvalue weighted by atomic mass is 35.5. The monoisotopic (exact) mass is 524 g/mol. The van der Waals surface area contributed by atoms with Crippen molar-refractivity contribution in [1.29, 1.82) is 0 Å². The molecule has 0 spiro atoms. The Hall–Kier alpha value is -4.43. The zero-order valence-corrected chi connectivity index (χ0v) is 21.2. The summed E-state index contributed by atoms with van der Waals surface area (Å²) in [5, 5.41) is 4.00. The molecule has 190 valence electrons. The maximum absolute atomic E-state index is 13.2. The van der Waals surface area contributed by atoms with Crippen molar-refractivity contribution in [3.8, 4) is 5.75 Å². The fourth-order valence-corrected chi connectivity index (χ4v) is 4.84. The van der Waals surface area contributed by atoms with Crippen LogP contribution in [0, 0.1) is 0 Å². The maximum Gasteiger partial charge on any atom is 0.266 e. The van der Waals surface area contributed by atoms with Crippen molar-refractivity contribution < 1.29 is 9.53 Å². The summed E-state index contributed by atoms with van der Waals surface area (Å²) >= 11 is 6.12. The van der Waals surface area contributed by atoms with Crippen LogP contribution in [0.3, 0.4) is 0 Å². The molecule has 6 rings (SSSR count). The second kappa shape index (κ2) is 10.5. The highest BCUT2D eigenvalue weighted by Gasteiger charge is 2.49. The molecule has 3 heterocycles. The minimum Gasteiger partial charge on any atom is -0.478 e. The smallest absolute Gasteiger partial charge is 0.266 e. The lowest BCUT2D eigenvalue weighted by Gasteiger charge is -2.46. The Morgan fingerprint density at radius 1 is 0.868 bits per heavy atom. The van der Waals surface area contributed by atoms with Gasteiger partial charge >= 0.3 is 0 Å². The molecule has 5 aromatic rings. The van der Waals surface area contributed by atoms with Crippen LogP contribution in [0.1, 0.15) is 17.2 Å². The van der Waals surface area contributed by atoms with Gasteiger partial charge in [-0.05, 0) is 35.4 Å². The molecule has 3 aromatic carbocycles. The van der Waals surface area contributed by atoms with Crippen LogP contribution in [0.2, 0.25) is 5.02 Å². The molecule has 0 radical (unpaired) electrons. The highest BCUT2D eigenvalue weighted by molar-refractivity contribution is 6.30. The quantitative estimate of drug-likeness (QED) is 0.269. The summed E-state index contributed by atoms with van der Waals surface area (Å²) in [4.78, 5) is 28.5. The molecule has 1 saturated heterocycles. The van der Waals surface area contributed by atoms with E-state index < -0.39 is 6.10 Å². The SMILES string of the molecule is O=C1[C@H](Oc2ccccc2)[C@H](c2ccc(Cl)cc2)N1CCn1cnc2c(NCc3ccccc3)ncnc21. The number of carbonyl (C=O) groups is 1. The van der Waals surface area contributed by atoms with Crippen molar-refractivity contribution in [2.24, 2.45) is 0 Å². The van der Waals surface area contributed by atoms with Gasteiger partial charge in [-0.3, -0.25) is 4.79 Å². The van der Waals surface area contributed by atoms with Crippen LogP contribution >= 0.6 is 11.6 Å². The number of amides is 1. The van der Waals surface area contributed by atoms with E-state index in [0.717, 1.165) is 11.1 Å². The molecule has 1 aliphatic rings. The van der Waals surface area contributed by atoms with Crippen molar-refractivity contribution in [2.75, 3.05) is 11.9 Å². The molecule has 9 heteroatoms. The van der Waals surface area contributed by atoms with E-state index in [9.17, 15) is 4.79 Å². The summed E-state index contributed by atoms with van der Waals surface area (Å²) in [6, 6.07) is 26.9. The number of nitrogens with one attached hydrogen (secondary N) is 1. The van der Waals surface area contributed by atoms with Crippen molar-refractivity contribution in [3.63, 3.8) is 0 Å². The number of β-lactam (4-membered cyclic amide) rings is 1. The summed E-state index contributed by atoms with van der Waals surface area (Å²) < 4.78 is 8.05. The Balaban J connectivity index is 1.19. The first-order valence-corrected chi connectivity index (χ1v) is 12.8. The number of halogens is 1. The lowest BCUT2D eigenvalue weighted by Crippen LogP contribution is -2.61. The van der Waals surface area contributed by atoms with E-state index in [1.54, 1.807) is 6.33 Å². The van der Waals surface area contributed by atoms with Gasteiger partial charge in [0.1, 0.15) is 23.6 Å². The summed E-state index contributed by atoms with van der Waals surface area (Å²) in [7, 11) is 0. The molecule has 1 aliphatic heterocycles. The number of anilines is 1. The number of ether oxygens (including phenoxy) is 1. The molecular weight excluding hydrogens is 500 g/mol. The average molecular weight is 525 g/mol. The first-order valence-electron chi connectivity index (χ1n) is 12.4. The van der Waals surface area contributed by atoms with E-state index in [1.807, 2.05) is 82.3 Å². The predicted octanol–water partition coefficient (Wildman–Crippen LogP) is 5.12. The minimum absolute atomic E-state index is 0.0573. The average Bonchev–Trinajstić information content (AvgIpc) is 3.38. The molecule has 2 atom stereocenters. The molecule has 2 aromatic heterocycles. The van der Waals surface area contributed by atoms with Crippen molar-refractivity contribution in [1.82, 2.24) is 24.4 Å². The van der Waals surface area contributed by atoms with Gasteiger partial charge in [0.05, 0.1) is 6.33 Å². The number of carbonyl (C=O) groups excluding carboxylic acids is 1. The molecule has 0 bridgehead atoms. The van der Waals surface area contributed by atoms with Crippen LogP contribution < -0.4 is 10.1 Å². The standard InChI is InChI=1S/C29H25ClN6O2/c30-22-13-11-21(12-14-22)25-26(38-23-9-5-2-6-10-23)29(37)36(25)16-15-35-19-34-24-27(32-18-33-28(24)35)31-17-20-7-3-1-4-8-20/h1-14,18-19,25-26H,15-17H2,(H,31,32,33)/t25-,26+/m0/s1. The normalized spacial score (nSPS) is 16.9. The van der Waals surface area contributed by atoms with E-state index in [1.165, 1.54) is 6.33 Å². The number of aromatic nitrogens is 4. The number of para-hydroxylation sites is 1. The molecule has 0 unspecified atom stereocenters. The summed E-state index contributed by atoms with van der Waals surface area (Å²) in [6.07, 6.45) is 2.67. The van der Waals surface area contributed by atoms with Gasteiger partial charge in [-0.25, -0.2) is 15.0 Å². The second-order valence-electron chi connectivity index (χ2n) is 9.05. The fourth-order valence-electron chi connectivity index (χ4n) is 4.71. The highest BCUT2D eigenvalue weighted by Crippen LogP contribution is 2.38. The topological polar surface area (TPSA) is 85.2 Å². The van der Waals surface area contributed by atoms with Crippen LogP contribution in [0.15, 0.2) is 97.6 Å². The third-order valence-corrected chi connectivity index (χ3v) is 6.90. The van der Waals surface area contributed by atoms with E-state index >= 15 is 0 Å². The number of benzene rings is 3. The minimum atomic E-state index is -0.603. The number of hydrogen-bond acceptors (Lipinski definition) is 6. The molecule has 1 N–H and O–H groups in total. The van der Waals surface area contributed by atoms with E-state index in [-0.39, 0.29) is 11.9 Å². The third kappa shape index (κ3) is 4.78. The van der Waals surface area contributed by atoms with Gasteiger partial charge in [0.2, 0.25) is 6.10 Å². The van der Waals surface area contributed by atoms with Gasteiger partial charge < -0.3 is 19.5 Å². The zero-order valence-electron chi connectivity index (χ0n) is 20.4. The van der Waals surface area contributed by atoms with Gasteiger partial charge in [0, 0.05) is 24.7 Å². The predicted molar refractivity (Wildman–Crippen MR) is 146 cm³/mol. The van der Waals surface area contributed by atoms with Crippen LogP contribution in [0.5, 0.6) is 5.75 Å². The van der Waals surface area contributed by atoms with Crippen LogP contribution in [0.4, 0.5) is 5.82 Å². The maximum atomic E-state index is 13.2. The van der Waals surface area contributed by atoms with Crippen molar-refractivity contribution >= 4 is 34.5 Å². The van der Waals surface area contributed by atoms with Gasteiger partial charge in [-0.1, -0.05) is 72.3 Å². The molecule has 1 fully saturated rings. The molecule has 38 heavy (non-hydrogen) atoms. The lowest BCUT2D eigenvalue weighted by atomic mass is 9.90. The molecule has 0 saturated carbocycles. The number of imidazole rings is 1. The third-order valence-electron chi connectivity index (χ3n) is 6.65. The first-order chi connectivity index (χ1) is 18.7. The number of hydrogen-bond donors (Lipinski definition) is 1. The number of fused-ring (bicyclic) bond motifs is 1. The van der Waals surface area contributed by atoms with Gasteiger partial charge in [-0.15, -0.1) is 0 Å². The molecule has 1 amide bonds. The van der Waals surface area contributed by atoms with Gasteiger partial charge in [0.15, 0.2) is 11.5 Å². The Morgan fingerprint density at radius 3 is 2.37 bits per heavy atom. The van der Waals surface area contributed by atoms with Gasteiger partial charge in [-0.2, -0.15) is 0 Å². The molecule has 0 aliphatic carbocycles.